The van der Waals surface area contributed by atoms with Crippen molar-refractivity contribution in [3.8, 4) is 11.5 Å². The van der Waals surface area contributed by atoms with Crippen molar-refractivity contribution >= 4 is 11.9 Å². The molecule has 0 saturated carbocycles. The lowest BCUT2D eigenvalue weighted by molar-refractivity contribution is 0.174. The molecule has 0 fully saturated rings. The van der Waals surface area contributed by atoms with E-state index in [2.05, 4.69) is 4.99 Å². The number of likely N-dealkylation sites (N-methyl/N-ethyl adjacent to an activating group) is 1. The summed E-state index contributed by atoms with van der Waals surface area (Å²) in [5, 5.41) is 0. The fourth-order valence-electron chi connectivity index (χ4n) is 2.04. The Bertz CT molecular complexity index is 527. The van der Waals surface area contributed by atoms with E-state index >= 15 is 0 Å². The number of nitrogens with two attached hydrogens (primary N) is 1. The van der Waals surface area contributed by atoms with Crippen molar-refractivity contribution in [3.63, 3.8) is 0 Å². The zero-order chi connectivity index (χ0) is 12.0. The van der Waals surface area contributed by atoms with Gasteiger partial charge in [-0.25, -0.2) is 4.79 Å². The second-order valence-electron chi connectivity index (χ2n) is 3.95. The molecule has 6 heteroatoms. The lowest BCUT2D eigenvalue weighted by atomic mass is 10.1. The number of hydrogen-bond acceptors (Lipinski definition) is 4. The molecule has 0 aromatic heterocycles. The van der Waals surface area contributed by atoms with Crippen LogP contribution < -0.4 is 15.2 Å². The molecule has 0 bridgehead atoms. The smallest absolute Gasteiger partial charge is 0.345 e. The first-order valence-corrected chi connectivity index (χ1v) is 5.17. The Hall–Kier alpha value is -2.24. The van der Waals surface area contributed by atoms with E-state index in [1.807, 2.05) is 18.2 Å². The number of hydrogen-bond donors (Lipinski definition) is 1. The van der Waals surface area contributed by atoms with Crippen LogP contribution in [-0.4, -0.2) is 30.6 Å². The van der Waals surface area contributed by atoms with Crippen LogP contribution in [0, 0.1) is 0 Å². The van der Waals surface area contributed by atoms with Crippen molar-refractivity contribution in [2.24, 2.45) is 10.7 Å². The first kappa shape index (κ1) is 9.95. The zero-order valence-corrected chi connectivity index (χ0v) is 9.21. The van der Waals surface area contributed by atoms with E-state index < -0.39 is 0 Å². The number of benzene rings is 1. The summed E-state index contributed by atoms with van der Waals surface area (Å²) in [6, 6.07) is 4.84. The van der Waals surface area contributed by atoms with Gasteiger partial charge in [0.15, 0.2) is 11.5 Å². The van der Waals surface area contributed by atoms with Crippen molar-refractivity contribution < 1.29 is 14.3 Å². The Morgan fingerprint density at radius 1 is 1.41 bits per heavy atom. The first-order valence-electron chi connectivity index (χ1n) is 5.17. The molecule has 0 saturated heterocycles. The summed E-state index contributed by atoms with van der Waals surface area (Å²) in [4.78, 5) is 16.6. The summed E-state index contributed by atoms with van der Waals surface area (Å²) >= 11 is 0. The van der Waals surface area contributed by atoms with Gasteiger partial charge in [-0.15, -0.1) is 0 Å². The Balaban J connectivity index is 2.00. The fourth-order valence-corrected chi connectivity index (χ4v) is 2.04. The van der Waals surface area contributed by atoms with E-state index in [1.54, 1.807) is 7.05 Å². The van der Waals surface area contributed by atoms with Crippen LogP contribution >= 0.6 is 0 Å². The number of ether oxygens (including phenoxy) is 2. The van der Waals surface area contributed by atoms with Crippen LogP contribution in [0.15, 0.2) is 23.2 Å². The van der Waals surface area contributed by atoms with Crippen molar-refractivity contribution in [2.75, 3.05) is 13.8 Å². The van der Waals surface area contributed by atoms with E-state index in [0.29, 0.717) is 17.3 Å². The second kappa shape index (κ2) is 3.38. The van der Waals surface area contributed by atoms with Crippen molar-refractivity contribution in [1.82, 2.24) is 4.90 Å². The lowest BCUT2D eigenvalue weighted by Gasteiger charge is -2.19. The van der Waals surface area contributed by atoms with Gasteiger partial charge in [-0.1, -0.05) is 6.07 Å². The molecule has 1 unspecified atom stereocenters. The van der Waals surface area contributed by atoms with Crippen LogP contribution in [-0.2, 0) is 0 Å². The Kier molecular flexibility index (Phi) is 1.98. The molecule has 17 heavy (non-hydrogen) atoms. The minimum Gasteiger partial charge on any atom is -0.454 e. The van der Waals surface area contributed by atoms with Gasteiger partial charge in [0.1, 0.15) is 11.9 Å². The molecule has 1 aromatic carbocycles. The lowest BCUT2D eigenvalue weighted by Crippen LogP contribution is -2.29. The molecule has 1 aromatic rings. The molecule has 2 N–H and O–H groups in total. The van der Waals surface area contributed by atoms with Crippen molar-refractivity contribution in [2.45, 2.75) is 6.04 Å². The summed E-state index contributed by atoms with van der Waals surface area (Å²) < 4.78 is 10.5. The highest BCUT2D eigenvalue weighted by molar-refractivity contribution is 6.03. The monoisotopic (exact) mass is 233 g/mol. The number of amides is 2. The third kappa shape index (κ3) is 1.41. The highest BCUT2D eigenvalue weighted by Crippen LogP contribution is 2.36. The van der Waals surface area contributed by atoms with E-state index in [4.69, 9.17) is 15.2 Å². The summed E-state index contributed by atoms with van der Waals surface area (Å²) in [5.74, 6) is 1.68. The number of nitrogens with zero attached hydrogens (tertiary/aromatic N) is 2. The number of fused-ring (bicyclic) bond motifs is 1. The predicted molar refractivity (Wildman–Crippen MR) is 60.1 cm³/mol. The molecule has 1 atom stereocenters. The molecule has 0 spiro atoms. The van der Waals surface area contributed by atoms with Gasteiger partial charge in [0.25, 0.3) is 0 Å². The molecule has 2 aliphatic heterocycles. The van der Waals surface area contributed by atoms with Gasteiger partial charge in [-0.2, -0.15) is 4.99 Å². The molecule has 0 radical (unpaired) electrons. The minimum atomic E-state index is -0.329. The maximum absolute atomic E-state index is 11.4. The van der Waals surface area contributed by atoms with Crippen LogP contribution in [0.1, 0.15) is 11.6 Å². The van der Waals surface area contributed by atoms with Gasteiger partial charge in [0, 0.05) is 7.05 Å². The van der Waals surface area contributed by atoms with Gasteiger partial charge in [0.05, 0.1) is 0 Å². The normalized spacial score (nSPS) is 21.9. The van der Waals surface area contributed by atoms with Crippen molar-refractivity contribution in [1.29, 1.82) is 0 Å². The quantitative estimate of drug-likeness (QED) is 0.781. The van der Waals surface area contributed by atoms with E-state index in [1.165, 1.54) is 4.90 Å². The van der Waals surface area contributed by atoms with Gasteiger partial charge in [-0.3, -0.25) is 0 Å². The SMILES string of the molecule is CN1C(=O)N=C(N)C1c1ccc2c(c1)OCO2. The molecular formula is C11H11N3O3. The number of carbonyl (C=O) groups is 1. The predicted octanol–water partition coefficient (Wildman–Crippen LogP) is 0.879. The van der Waals surface area contributed by atoms with E-state index in [0.717, 1.165) is 5.56 Å². The van der Waals surface area contributed by atoms with Crippen LogP contribution in [0.4, 0.5) is 4.79 Å². The Morgan fingerprint density at radius 2 is 2.18 bits per heavy atom. The third-order valence-corrected chi connectivity index (χ3v) is 2.91. The average molecular weight is 233 g/mol. The Labute approximate surface area is 97.6 Å². The molecule has 2 heterocycles. The number of amidine groups is 1. The third-order valence-electron chi connectivity index (χ3n) is 2.91. The molecule has 3 rings (SSSR count). The highest BCUT2D eigenvalue weighted by atomic mass is 16.7. The minimum absolute atomic E-state index is 0.224. The average Bonchev–Trinajstić information content (AvgIpc) is 2.84. The summed E-state index contributed by atoms with van der Waals surface area (Å²) in [6.07, 6.45) is 0. The standard InChI is InChI=1S/C11H11N3O3/c1-14-9(10(12)13-11(14)15)6-2-3-7-8(4-6)17-5-16-7/h2-4,9H,5H2,1H3,(H2,12,13,15). The molecule has 6 nitrogen and oxygen atoms in total. The van der Waals surface area contributed by atoms with E-state index in [9.17, 15) is 4.79 Å². The van der Waals surface area contributed by atoms with E-state index in [-0.39, 0.29) is 18.9 Å². The molecule has 2 amide bonds. The van der Waals surface area contributed by atoms with Crippen LogP contribution in [0.5, 0.6) is 11.5 Å². The molecule has 2 aliphatic rings. The molecule has 0 aliphatic carbocycles. The summed E-state index contributed by atoms with van der Waals surface area (Å²) in [7, 11) is 1.67. The van der Waals surface area contributed by atoms with Crippen molar-refractivity contribution in [3.05, 3.63) is 23.8 Å². The fraction of sp³-hybridized carbons (Fsp3) is 0.273. The summed E-state index contributed by atoms with van der Waals surface area (Å²) in [5.41, 5.74) is 6.62. The molecule has 88 valence electrons. The van der Waals surface area contributed by atoms with Gasteiger partial charge in [-0.05, 0) is 17.7 Å². The van der Waals surface area contributed by atoms with Gasteiger partial charge < -0.3 is 20.1 Å². The van der Waals surface area contributed by atoms with Crippen LogP contribution in [0.3, 0.4) is 0 Å². The van der Waals surface area contributed by atoms with Gasteiger partial charge in [0.2, 0.25) is 6.79 Å². The largest absolute Gasteiger partial charge is 0.454 e. The second-order valence-corrected chi connectivity index (χ2v) is 3.95. The van der Waals surface area contributed by atoms with Crippen LogP contribution in [0.25, 0.3) is 0 Å². The Morgan fingerprint density at radius 3 is 2.88 bits per heavy atom. The topological polar surface area (TPSA) is 77.2 Å². The zero-order valence-electron chi connectivity index (χ0n) is 9.21. The number of urea groups is 1. The maximum atomic E-state index is 11.4. The number of rotatable bonds is 1. The highest BCUT2D eigenvalue weighted by Gasteiger charge is 2.32. The number of aliphatic imine (C=N–C) groups is 1. The van der Waals surface area contributed by atoms with Gasteiger partial charge >= 0.3 is 6.03 Å². The maximum Gasteiger partial charge on any atom is 0.345 e. The summed E-state index contributed by atoms with van der Waals surface area (Å²) in [6.45, 7) is 0.224. The number of carbonyl (C=O) groups excluding carboxylic acids is 1. The molecular weight excluding hydrogens is 222 g/mol. The first-order chi connectivity index (χ1) is 8.16. The van der Waals surface area contributed by atoms with Crippen LogP contribution in [0.2, 0.25) is 0 Å².